The summed E-state index contributed by atoms with van der Waals surface area (Å²) in [6, 6.07) is 0.0579. The second kappa shape index (κ2) is 13.1. The van der Waals surface area contributed by atoms with E-state index in [2.05, 4.69) is 21.7 Å². The highest BCUT2D eigenvalue weighted by molar-refractivity contribution is 7.09. The Morgan fingerprint density at radius 1 is 1.08 bits per heavy atom. The number of likely N-dealkylation sites (tertiary alicyclic amines) is 2. The fourth-order valence-electron chi connectivity index (χ4n) is 5.16. The van der Waals surface area contributed by atoms with Crippen molar-refractivity contribution in [3.63, 3.8) is 0 Å². The van der Waals surface area contributed by atoms with Crippen molar-refractivity contribution in [1.82, 2.24) is 25.4 Å². The van der Waals surface area contributed by atoms with Crippen molar-refractivity contribution >= 4 is 29.4 Å². The molecule has 4 rings (SSSR count). The second-order valence-corrected chi connectivity index (χ2v) is 10.7. The van der Waals surface area contributed by atoms with Crippen molar-refractivity contribution in [3.8, 4) is 0 Å². The van der Waals surface area contributed by atoms with E-state index in [0.717, 1.165) is 24.3 Å². The molecule has 0 unspecified atom stereocenters. The molecule has 0 spiro atoms. The zero-order valence-electron chi connectivity index (χ0n) is 21.3. The van der Waals surface area contributed by atoms with Crippen LogP contribution >= 0.6 is 11.3 Å². The minimum atomic E-state index is -0.285. The normalized spacial score (nSPS) is 19.5. The Morgan fingerprint density at radius 2 is 1.83 bits per heavy atom. The van der Waals surface area contributed by atoms with Crippen LogP contribution in [0.25, 0.3) is 0 Å². The van der Waals surface area contributed by atoms with Crippen LogP contribution in [0.15, 0.2) is 17.0 Å². The van der Waals surface area contributed by atoms with Gasteiger partial charge in [0.15, 0.2) is 0 Å². The number of aromatic nitrogens is 1. The topological polar surface area (TPSA) is 104 Å². The molecule has 3 aliphatic rings. The summed E-state index contributed by atoms with van der Waals surface area (Å²) in [5.41, 5.74) is 1.94. The number of hydrogen-bond acceptors (Lipinski definition) is 6. The summed E-state index contributed by atoms with van der Waals surface area (Å²) in [5.74, 6) is 0.123. The predicted octanol–water partition coefficient (Wildman–Crippen LogP) is 4.27. The molecule has 0 bridgehead atoms. The number of piperidine rings is 2. The quantitative estimate of drug-likeness (QED) is 0.526. The van der Waals surface area contributed by atoms with Crippen LogP contribution in [-0.4, -0.2) is 78.2 Å². The van der Waals surface area contributed by atoms with Crippen molar-refractivity contribution in [2.45, 2.75) is 76.7 Å². The van der Waals surface area contributed by atoms with Gasteiger partial charge < -0.3 is 25.2 Å². The number of carbonyl (C=O) groups excluding carboxylic acids is 3. The maximum absolute atomic E-state index is 12.7. The minimum absolute atomic E-state index is 0.0260. The van der Waals surface area contributed by atoms with Crippen LogP contribution in [0.2, 0.25) is 0 Å². The number of rotatable bonds is 7. The van der Waals surface area contributed by atoms with Crippen molar-refractivity contribution in [1.29, 1.82) is 0 Å². The Bertz CT molecular complexity index is 933. The number of ether oxygens (including phenoxy) is 1. The van der Waals surface area contributed by atoms with Crippen LogP contribution in [0.5, 0.6) is 0 Å². The molecule has 0 saturated carbocycles. The second-order valence-electron chi connectivity index (χ2n) is 9.86. The van der Waals surface area contributed by atoms with Gasteiger partial charge in [0.05, 0.1) is 11.6 Å². The maximum atomic E-state index is 12.7. The molecule has 2 saturated heterocycles. The zero-order valence-corrected chi connectivity index (χ0v) is 22.1. The van der Waals surface area contributed by atoms with Crippen LogP contribution in [0.3, 0.4) is 0 Å². The molecule has 0 aromatic carbocycles. The number of thiazole rings is 1. The van der Waals surface area contributed by atoms with Crippen molar-refractivity contribution < 1.29 is 19.1 Å². The first-order chi connectivity index (χ1) is 17.5. The number of nitrogens with zero attached hydrogens (tertiary/aromatic N) is 3. The van der Waals surface area contributed by atoms with E-state index in [-0.39, 0.29) is 30.0 Å². The van der Waals surface area contributed by atoms with E-state index in [1.165, 1.54) is 42.6 Å². The zero-order chi connectivity index (χ0) is 25.3. The molecule has 4 amide bonds. The molecular formula is C26H39N5O4S. The van der Waals surface area contributed by atoms with Crippen LogP contribution < -0.4 is 10.6 Å². The third-order valence-corrected chi connectivity index (χ3v) is 8.36. The number of amides is 4. The van der Waals surface area contributed by atoms with Gasteiger partial charge in [0.25, 0.3) is 5.91 Å². The molecule has 9 nitrogen and oxygen atoms in total. The summed E-state index contributed by atoms with van der Waals surface area (Å²) in [4.78, 5) is 45.4. The van der Waals surface area contributed by atoms with E-state index >= 15 is 0 Å². The van der Waals surface area contributed by atoms with Gasteiger partial charge in [0.1, 0.15) is 5.69 Å². The lowest BCUT2D eigenvalue weighted by Gasteiger charge is -2.31. The molecule has 1 aliphatic carbocycles. The SMILES string of the molecule is CCOC(=O)N1CCC(NC(=O)c2csc(C3CCN(C(=O)NCCC4=CCCCC4)CC3)n2)CC1. The summed E-state index contributed by atoms with van der Waals surface area (Å²) in [6.07, 6.45) is 11.0. The molecule has 1 aromatic heterocycles. The molecule has 198 valence electrons. The van der Waals surface area contributed by atoms with Gasteiger partial charge in [0, 0.05) is 50.1 Å². The summed E-state index contributed by atoms with van der Waals surface area (Å²) in [5, 5.41) is 8.95. The Kier molecular flexibility index (Phi) is 9.60. The van der Waals surface area contributed by atoms with E-state index in [4.69, 9.17) is 4.74 Å². The molecular weight excluding hydrogens is 478 g/mol. The molecule has 0 atom stereocenters. The van der Waals surface area contributed by atoms with Crippen molar-refractivity contribution in [2.24, 2.45) is 0 Å². The Labute approximate surface area is 217 Å². The van der Waals surface area contributed by atoms with Crippen molar-refractivity contribution in [2.75, 3.05) is 39.3 Å². The fourth-order valence-corrected chi connectivity index (χ4v) is 6.13. The number of hydrogen-bond donors (Lipinski definition) is 2. The molecule has 2 aliphatic heterocycles. The Morgan fingerprint density at radius 3 is 2.53 bits per heavy atom. The number of carbonyl (C=O) groups is 3. The summed E-state index contributed by atoms with van der Waals surface area (Å²) < 4.78 is 5.05. The highest BCUT2D eigenvalue weighted by Gasteiger charge is 2.28. The van der Waals surface area contributed by atoms with E-state index in [1.54, 1.807) is 11.8 Å². The van der Waals surface area contributed by atoms with Crippen LogP contribution in [0.4, 0.5) is 9.59 Å². The van der Waals surface area contributed by atoms with Gasteiger partial charge >= 0.3 is 12.1 Å². The van der Waals surface area contributed by atoms with Gasteiger partial charge in [-0.3, -0.25) is 4.79 Å². The molecule has 0 radical (unpaired) electrons. The van der Waals surface area contributed by atoms with Gasteiger partial charge in [-0.05, 0) is 64.7 Å². The van der Waals surface area contributed by atoms with Crippen molar-refractivity contribution in [3.05, 3.63) is 27.7 Å². The highest BCUT2D eigenvalue weighted by Crippen LogP contribution is 2.30. The van der Waals surface area contributed by atoms with Gasteiger partial charge in [-0.15, -0.1) is 11.3 Å². The third kappa shape index (κ3) is 7.21. The van der Waals surface area contributed by atoms with Gasteiger partial charge in [0.2, 0.25) is 0 Å². The predicted molar refractivity (Wildman–Crippen MR) is 139 cm³/mol. The minimum Gasteiger partial charge on any atom is -0.450 e. The Balaban J connectivity index is 1.17. The van der Waals surface area contributed by atoms with Gasteiger partial charge in [-0.25, -0.2) is 14.6 Å². The van der Waals surface area contributed by atoms with E-state index in [0.29, 0.717) is 57.9 Å². The molecule has 10 heteroatoms. The number of nitrogens with one attached hydrogen (secondary N) is 2. The first-order valence-corrected chi connectivity index (χ1v) is 14.3. The summed E-state index contributed by atoms with van der Waals surface area (Å²) in [6.45, 7) is 5.44. The lowest BCUT2D eigenvalue weighted by Crippen LogP contribution is -2.46. The average Bonchev–Trinajstić information content (AvgIpc) is 3.41. The van der Waals surface area contributed by atoms with E-state index < -0.39 is 0 Å². The standard InChI is InChI=1S/C26H39N5O4S/c1-2-35-26(34)31-16-11-21(12-17-31)28-23(32)22-18-36-24(29-22)20-9-14-30(15-10-20)25(33)27-13-8-19-6-4-3-5-7-19/h6,18,20-21H,2-5,7-17H2,1H3,(H,27,33)(H,28,32). The van der Waals surface area contributed by atoms with Gasteiger partial charge in [-0.2, -0.15) is 0 Å². The van der Waals surface area contributed by atoms with E-state index in [9.17, 15) is 14.4 Å². The summed E-state index contributed by atoms with van der Waals surface area (Å²) >= 11 is 1.53. The number of urea groups is 1. The largest absolute Gasteiger partial charge is 0.450 e. The lowest BCUT2D eigenvalue weighted by molar-refractivity contribution is 0.0857. The molecule has 3 heterocycles. The first-order valence-electron chi connectivity index (χ1n) is 13.4. The molecule has 2 N–H and O–H groups in total. The van der Waals surface area contributed by atoms with Crippen LogP contribution in [-0.2, 0) is 4.74 Å². The molecule has 36 heavy (non-hydrogen) atoms. The molecule has 2 fully saturated rings. The monoisotopic (exact) mass is 517 g/mol. The Hall–Kier alpha value is -2.62. The third-order valence-electron chi connectivity index (χ3n) is 7.35. The first kappa shape index (κ1) is 26.4. The highest BCUT2D eigenvalue weighted by atomic mass is 32.1. The van der Waals surface area contributed by atoms with Crippen LogP contribution in [0.1, 0.15) is 86.1 Å². The average molecular weight is 518 g/mol. The molecule has 1 aromatic rings. The lowest BCUT2D eigenvalue weighted by atomic mass is 9.97. The maximum Gasteiger partial charge on any atom is 0.409 e. The smallest absolute Gasteiger partial charge is 0.409 e. The van der Waals surface area contributed by atoms with E-state index in [1.807, 2.05) is 10.3 Å². The summed E-state index contributed by atoms with van der Waals surface area (Å²) in [7, 11) is 0. The van der Waals surface area contributed by atoms with Crippen LogP contribution in [0, 0.1) is 0 Å². The fraction of sp³-hybridized carbons (Fsp3) is 0.692. The number of allylic oxidation sites excluding steroid dienone is 1. The van der Waals surface area contributed by atoms with Gasteiger partial charge in [-0.1, -0.05) is 11.6 Å².